The van der Waals surface area contributed by atoms with Crippen molar-refractivity contribution in [2.45, 2.75) is 27.0 Å². The van der Waals surface area contributed by atoms with Gasteiger partial charge in [0.25, 0.3) is 5.91 Å². The quantitative estimate of drug-likeness (QED) is 0.774. The van der Waals surface area contributed by atoms with Crippen molar-refractivity contribution in [3.8, 4) is 11.5 Å². The van der Waals surface area contributed by atoms with Crippen LogP contribution in [0.5, 0.6) is 11.5 Å². The number of carbonyl (C=O) groups is 1. The summed E-state index contributed by atoms with van der Waals surface area (Å²) in [5, 5.41) is 3.67. The largest absolute Gasteiger partial charge is 0.490 e. The van der Waals surface area contributed by atoms with Crippen LogP contribution in [0.2, 0.25) is 0 Å². The van der Waals surface area contributed by atoms with E-state index in [9.17, 15) is 13.6 Å². The van der Waals surface area contributed by atoms with Crippen molar-refractivity contribution in [3.05, 3.63) is 41.3 Å². The first-order chi connectivity index (χ1) is 11.4. The Morgan fingerprint density at radius 2 is 2.08 bits per heavy atom. The van der Waals surface area contributed by atoms with E-state index in [0.29, 0.717) is 17.9 Å². The fourth-order valence-electron chi connectivity index (χ4n) is 2.11. The summed E-state index contributed by atoms with van der Waals surface area (Å²) in [6.07, 6.45) is 0. The Kier molecular flexibility index (Phi) is 5.73. The maximum Gasteiger partial charge on any atom is 0.387 e. The summed E-state index contributed by atoms with van der Waals surface area (Å²) < 4.78 is 39.5. The lowest BCUT2D eigenvalue weighted by Gasteiger charge is -2.17. The zero-order valence-corrected chi connectivity index (χ0v) is 13.6. The van der Waals surface area contributed by atoms with Crippen LogP contribution in [0.15, 0.2) is 28.8 Å². The lowest BCUT2D eigenvalue weighted by molar-refractivity contribution is -0.0514. The van der Waals surface area contributed by atoms with Gasteiger partial charge in [-0.05, 0) is 31.5 Å². The molecule has 0 aliphatic heterocycles. The molecule has 130 valence electrons. The Bertz CT molecular complexity index is 703. The van der Waals surface area contributed by atoms with E-state index in [0.717, 1.165) is 0 Å². The highest BCUT2D eigenvalue weighted by molar-refractivity contribution is 5.91. The molecule has 0 saturated heterocycles. The van der Waals surface area contributed by atoms with Crippen molar-refractivity contribution in [1.29, 1.82) is 0 Å². The zero-order chi connectivity index (χ0) is 17.7. The molecule has 0 aliphatic rings. The minimum Gasteiger partial charge on any atom is -0.490 e. The Labute approximate surface area is 137 Å². The van der Waals surface area contributed by atoms with E-state index < -0.39 is 6.61 Å². The van der Waals surface area contributed by atoms with E-state index in [2.05, 4.69) is 9.89 Å². The van der Waals surface area contributed by atoms with Crippen molar-refractivity contribution in [2.24, 2.45) is 0 Å². The lowest BCUT2D eigenvalue weighted by Crippen LogP contribution is -2.25. The Balaban J connectivity index is 2.13. The number of alkyl halides is 2. The maximum absolute atomic E-state index is 12.4. The summed E-state index contributed by atoms with van der Waals surface area (Å²) in [5.41, 5.74) is 1.31. The molecule has 1 heterocycles. The topological polar surface area (TPSA) is 64.8 Å². The molecule has 8 heteroatoms. The number of nitrogens with zero attached hydrogens (tertiary/aromatic N) is 2. The predicted molar refractivity (Wildman–Crippen MR) is 81.3 cm³/mol. The van der Waals surface area contributed by atoms with Gasteiger partial charge >= 0.3 is 6.61 Å². The number of aryl methyl sites for hydroxylation is 1. The molecular weight excluding hydrogens is 322 g/mol. The van der Waals surface area contributed by atoms with Crippen molar-refractivity contribution >= 4 is 5.91 Å². The third-order valence-electron chi connectivity index (χ3n) is 3.13. The smallest absolute Gasteiger partial charge is 0.387 e. The van der Waals surface area contributed by atoms with Crippen LogP contribution in [-0.2, 0) is 6.54 Å². The van der Waals surface area contributed by atoms with Gasteiger partial charge in [-0.2, -0.15) is 8.78 Å². The van der Waals surface area contributed by atoms with E-state index in [4.69, 9.17) is 9.26 Å². The molecule has 0 fully saturated rings. The van der Waals surface area contributed by atoms with Crippen molar-refractivity contribution in [3.63, 3.8) is 0 Å². The summed E-state index contributed by atoms with van der Waals surface area (Å²) in [5.74, 6) is -0.0405. The van der Waals surface area contributed by atoms with Crippen LogP contribution in [0.4, 0.5) is 8.78 Å². The summed E-state index contributed by atoms with van der Waals surface area (Å²) in [4.78, 5) is 13.7. The van der Waals surface area contributed by atoms with E-state index in [1.54, 1.807) is 39.1 Å². The Hall–Kier alpha value is -2.64. The molecular formula is C16H18F2N2O4. The first-order valence-electron chi connectivity index (χ1n) is 7.30. The van der Waals surface area contributed by atoms with Gasteiger partial charge in [-0.15, -0.1) is 0 Å². The Morgan fingerprint density at radius 1 is 1.33 bits per heavy atom. The lowest BCUT2D eigenvalue weighted by atomic mass is 10.2. The van der Waals surface area contributed by atoms with Crippen molar-refractivity contribution in [2.75, 3.05) is 13.7 Å². The first kappa shape index (κ1) is 17.7. The van der Waals surface area contributed by atoms with Crippen LogP contribution in [0, 0.1) is 6.92 Å². The monoisotopic (exact) mass is 340 g/mol. The number of aromatic nitrogens is 1. The van der Waals surface area contributed by atoms with Crippen LogP contribution < -0.4 is 9.47 Å². The number of rotatable bonds is 7. The molecule has 0 aliphatic carbocycles. The van der Waals surface area contributed by atoms with Crippen LogP contribution >= 0.6 is 0 Å². The third-order valence-corrected chi connectivity index (χ3v) is 3.13. The van der Waals surface area contributed by atoms with Gasteiger partial charge in [0, 0.05) is 19.7 Å². The number of halogens is 2. The molecule has 0 atom stereocenters. The average Bonchev–Trinajstić information content (AvgIpc) is 2.95. The molecule has 0 radical (unpaired) electrons. The summed E-state index contributed by atoms with van der Waals surface area (Å²) >= 11 is 0. The molecule has 0 unspecified atom stereocenters. The fraction of sp³-hybridized carbons (Fsp3) is 0.375. The number of hydrogen-bond acceptors (Lipinski definition) is 5. The average molecular weight is 340 g/mol. The van der Waals surface area contributed by atoms with E-state index in [-0.39, 0.29) is 29.7 Å². The molecule has 2 rings (SSSR count). The second-order valence-electron chi connectivity index (χ2n) is 5.09. The molecule has 1 amide bonds. The van der Waals surface area contributed by atoms with E-state index >= 15 is 0 Å². The second kappa shape index (κ2) is 7.76. The van der Waals surface area contributed by atoms with Gasteiger partial charge in [0.1, 0.15) is 0 Å². The van der Waals surface area contributed by atoms with Gasteiger partial charge in [-0.3, -0.25) is 4.79 Å². The van der Waals surface area contributed by atoms with E-state index in [1.807, 2.05) is 0 Å². The highest BCUT2D eigenvalue weighted by atomic mass is 19.3. The first-order valence-corrected chi connectivity index (χ1v) is 7.30. The predicted octanol–water partition coefficient (Wildman–Crippen LogP) is 3.26. The third kappa shape index (κ3) is 4.43. The van der Waals surface area contributed by atoms with Gasteiger partial charge in [0.2, 0.25) is 5.76 Å². The minimum atomic E-state index is -2.94. The second-order valence-corrected chi connectivity index (χ2v) is 5.09. The van der Waals surface area contributed by atoms with Crippen LogP contribution in [0.3, 0.4) is 0 Å². The molecule has 0 spiro atoms. The zero-order valence-electron chi connectivity index (χ0n) is 13.6. The molecule has 1 aromatic carbocycles. The van der Waals surface area contributed by atoms with Gasteiger partial charge < -0.3 is 18.9 Å². The number of ether oxygens (including phenoxy) is 2. The van der Waals surface area contributed by atoms with Crippen LogP contribution in [0.1, 0.15) is 28.7 Å². The molecule has 0 N–H and O–H groups in total. The fourth-order valence-corrected chi connectivity index (χ4v) is 2.11. The molecule has 1 aromatic heterocycles. The normalized spacial score (nSPS) is 10.8. The highest BCUT2D eigenvalue weighted by Crippen LogP contribution is 2.30. The number of benzene rings is 1. The van der Waals surface area contributed by atoms with Crippen molar-refractivity contribution < 1.29 is 27.6 Å². The molecule has 24 heavy (non-hydrogen) atoms. The minimum absolute atomic E-state index is 0.0459. The maximum atomic E-state index is 12.4. The summed E-state index contributed by atoms with van der Waals surface area (Å²) in [7, 11) is 1.60. The van der Waals surface area contributed by atoms with Crippen LogP contribution in [0.25, 0.3) is 0 Å². The number of amides is 1. The molecule has 0 bridgehead atoms. The van der Waals surface area contributed by atoms with Gasteiger partial charge in [-0.1, -0.05) is 11.2 Å². The molecule has 2 aromatic rings. The van der Waals surface area contributed by atoms with E-state index in [1.165, 1.54) is 11.0 Å². The summed E-state index contributed by atoms with van der Waals surface area (Å²) in [6.45, 7) is 1.06. The van der Waals surface area contributed by atoms with Gasteiger partial charge in [0.15, 0.2) is 11.5 Å². The standard InChI is InChI=1S/C16H18F2N2O4/c1-4-22-13-8-11(5-6-12(13)23-16(17)18)9-20(3)15(21)14-7-10(2)19-24-14/h5-8,16H,4,9H2,1-3H3. The number of hydrogen-bond donors (Lipinski definition) is 0. The summed E-state index contributed by atoms with van der Waals surface area (Å²) in [6, 6.07) is 6.10. The van der Waals surface area contributed by atoms with Gasteiger partial charge in [0.05, 0.1) is 12.3 Å². The Morgan fingerprint density at radius 3 is 2.67 bits per heavy atom. The molecule has 6 nitrogen and oxygen atoms in total. The molecule has 0 saturated carbocycles. The van der Waals surface area contributed by atoms with Crippen LogP contribution in [-0.4, -0.2) is 36.2 Å². The van der Waals surface area contributed by atoms with Gasteiger partial charge in [-0.25, -0.2) is 0 Å². The highest BCUT2D eigenvalue weighted by Gasteiger charge is 2.18. The van der Waals surface area contributed by atoms with Crippen molar-refractivity contribution in [1.82, 2.24) is 10.1 Å². The SMILES string of the molecule is CCOc1cc(CN(C)C(=O)c2cc(C)no2)ccc1OC(F)F. The number of carbonyl (C=O) groups excluding carboxylic acids is 1.